The summed E-state index contributed by atoms with van der Waals surface area (Å²) in [7, 11) is 1.77. The van der Waals surface area contributed by atoms with E-state index in [-0.39, 0.29) is 5.91 Å². The zero-order valence-corrected chi connectivity index (χ0v) is 14.4. The SMILES string of the molecule is Cc1ncsc1CCC(=O)N(C)Cc1cc(-c2ccccn2)no1. The van der Waals surface area contributed by atoms with Crippen LogP contribution in [0.5, 0.6) is 0 Å². The van der Waals surface area contributed by atoms with Crippen molar-refractivity contribution >= 4 is 17.2 Å². The fourth-order valence-electron chi connectivity index (χ4n) is 2.32. The molecule has 0 fully saturated rings. The summed E-state index contributed by atoms with van der Waals surface area (Å²) in [6, 6.07) is 7.43. The van der Waals surface area contributed by atoms with E-state index in [0.29, 0.717) is 24.4 Å². The fourth-order valence-corrected chi connectivity index (χ4v) is 3.10. The van der Waals surface area contributed by atoms with E-state index in [4.69, 9.17) is 4.52 Å². The Labute approximate surface area is 144 Å². The first kappa shape index (κ1) is 16.3. The number of aromatic nitrogens is 3. The summed E-state index contributed by atoms with van der Waals surface area (Å²) < 4.78 is 5.32. The predicted molar refractivity (Wildman–Crippen MR) is 91.4 cm³/mol. The van der Waals surface area contributed by atoms with Gasteiger partial charge in [0.2, 0.25) is 5.91 Å². The Balaban J connectivity index is 1.56. The third kappa shape index (κ3) is 3.86. The Morgan fingerprint density at radius 2 is 2.17 bits per heavy atom. The standard InChI is InChI=1S/C17H18N4O2S/c1-12-16(24-11-19-12)6-7-17(22)21(2)10-13-9-15(20-23-13)14-5-3-4-8-18-14/h3-5,8-9,11H,6-7,10H2,1-2H3. The van der Waals surface area contributed by atoms with Crippen LogP contribution in [0.4, 0.5) is 0 Å². The van der Waals surface area contributed by atoms with Gasteiger partial charge >= 0.3 is 0 Å². The molecule has 0 radical (unpaired) electrons. The molecule has 6 nitrogen and oxygen atoms in total. The Kier molecular flexibility index (Phi) is 5.00. The molecule has 7 heteroatoms. The number of aryl methyl sites for hydroxylation is 2. The molecule has 0 bridgehead atoms. The Morgan fingerprint density at radius 3 is 2.88 bits per heavy atom. The topological polar surface area (TPSA) is 72.1 Å². The highest BCUT2D eigenvalue weighted by molar-refractivity contribution is 7.09. The van der Waals surface area contributed by atoms with Gasteiger partial charge in [0.05, 0.1) is 23.4 Å². The van der Waals surface area contributed by atoms with Gasteiger partial charge in [0, 0.05) is 30.6 Å². The van der Waals surface area contributed by atoms with Crippen LogP contribution in [-0.4, -0.2) is 33.0 Å². The average molecular weight is 342 g/mol. The van der Waals surface area contributed by atoms with Gasteiger partial charge in [-0.3, -0.25) is 9.78 Å². The molecule has 3 aromatic rings. The minimum absolute atomic E-state index is 0.0681. The summed E-state index contributed by atoms with van der Waals surface area (Å²) in [5.41, 5.74) is 4.24. The van der Waals surface area contributed by atoms with Crippen LogP contribution in [0.15, 0.2) is 40.5 Å². The summed E-state index contributed by atoms with van der Waals surface area (Å²) in [6.07, 6.45) is 2.89. The van der Waals surface area contributed by atoms with Crippen molar-refractivity contribution in [2.45, 2.75) is 26.3 Å². The minimum atomic E-state index is 0.0681. The van der Waals surface area contributed by atoms with Crippen LogP contribution in [0.1, 0.15) is 22.8 Å². The molecule has 3 rings (SSSR count). The maximum Gasteiger partial charge on any atom is 0.223 e. The highest BCUT2D eigenvalue weighted by atomic mass is 32.1. The van der Waals surface area contributed by atoms with Crippen molar-refractivity contribution in [2.24, 2.45) is 0 Å². The van der Waals surface area contributed by atoms with Crippen molar-refractivity contribution in [3.63, 3.8) is 0 Å². The molecule has 0 aromatic carbocycles. The lowest BCUT2D eigenvalue weighted by molar-refractivity contribution is -0.130. The van der Waals surface area contributed by atoms with Gasteiger partial charge in [-0.1, -0.05) is 11.2 Å². The van der Waals surface area contributed by atoms with Gasteiger partial charge in [-0.25, -0.2) is 4.98 Å². The highest BCUT2D eigenvalue weighted by Gasteiger charge is 2.14. The highest BCUT2D eigenvalue weighted by Crippen LogP contribution is 2.18. The summed E-state index contributed by atoms with van der Waals surface area (Å²) in [5.74, 6) is 0.707. The smallest absolute Gasteiger partial charge is 0.223 e. The summed E-state index contributed by atoms with van der Waals surface area (Å²) >= 11 is 1.59. The van der Waals surface area contributed by atoms with Crippen LogP contribution in [0, 0.1) is 6.92 Å². The Bertz CT molecular complexity index is 813. The third-order valence-electron chi connectivity index (χ3n) is 3.72. The van der Waals surface area contributed by atoms with E-state index in [0.717, 1.165) is 22.7 Å². The number of carbonyl (C=O) groups excluding carboxylic acids is 1. The number of thiazole rings is 1. The predicted octanol–water partition coefficient (Wildman–Crippen LogP) is 3.09. The molecule has 0 aliphatic carbocycles. The first-order valence-electron chi connectivity index (χ1n) is 7.63. The maximum absolute atomic E-state index is 12.3. The van der Waals surface area contributed by atoms with E-state index in [9.17, 15) is 4.79 Å². The normalized spacial score (nSPS) is 10.8. The monoisotopic (exact) mass is 342 g/mol. The second kappa shape index (κ2) is 7.35. The molecule has 0 spiro atoms. The van der Waals surface area contributed by atoms with Crippen LogP contribution in [-0.2, 0) is 17.8 Å². The van der Waals surface area contributed by atoms with Gasteiger partial charge in [-0.05, 0) is 25.5 Å². The quantitative estimate of drug-likeness (QED) is 0.688. The third-order valence-corrected chi connectivity index (χ3v) is 4.71. The van der Waals surface area contributed by atoms with Gasteiger partial charge in [0.25, 0.3) is 0 Å². The number of amides is 1. The van der Waals surface area contributed by atoms with E-state index in [1.54, 1.807) is 29.5 Å². The molecule has 0 unspecified atom stereocenters. The molecule has 3 aromatic heterocycles. The van der Waals surface area contributed by atoms with Gasteiger partial charge < -0.3 is 9.42 Å². The van der Waals surface area contributed by atoms with Gasteiger partial charge in [0.15, 0.2) is 5.76 Å². The summed E-state index contributed by atoms with van der Waals surface area (Å²) in [5, 5.41) is 4.01. The van der Waals surface area contributed by atoms with Crippen molar-refractivity contribution in [1.82, 2.24) is 20.0 Å². The largest absolute Gasteiger partial charge is 0.359 e. The number of rotatable bonds is 6. The van der Waals surface area contributed by atoms with Crippen molar-refractivity contribution in [1.29, 1.82) is 0 Å². The number of hydrogen-bond donors (Lipinski definition) is 0. The molecular formula is C17H18N4O2S. The van der Waals surface area contributed by atoms with E-state index in [1.807, 2.05) is 36.7 Å². The average Bonchev–Trinajstić information content (AvgIpc) is 3.22. The van der Waals surface area contributed by atoms with E-state index < -0.39 is 0 Å². The van der Waals surface area contributed by atoms with Crippen LogP contribution in [0.25, 0.3) is 11.4 Å². The number of carbonyl (C=O) groups is 1. The zero-order valence-electron chi connectivity index (χ0n) is 13.6. The molecular weight excluding hydrogens is 324 g/mol. The lowest BCUT2D eigenvalue weighted by Gasteiger charge is -2.14. The minimum Gasteiger partial charge on any atom is -0.359 e. The Hall–Kier alpha value is -2.54. The molecule has 0 saturated carbocycles. The second-order valence-corrected chi connectivity index (χ2v) is 6.44. The van der Waals surface area contributed by atoms with Crippen LogP contribution in [0.2, 0.25) is 0 Å². The van der Waals surface area contributed by atoms with Crippen molar-refractivity contribution in [2.75, 3.05) is 7.05 Å². The van der Waals surface area contributed by atoms with Crippen LogP contribution in [0.3, 0.4) is 0 Å². The van der Waals surface area contributed by atoms with Gasteiger partial charge in [-0.2, -0.15) is 0 Å². The first-order valence-corrected chi connectivity index (χ1v) is 8.51. The summed E-state index contributed by atoms with van der Waals surface area (Å²) in [4.78, 5) is 23.5. The van der Waals surface area contributed by atoms with E-state index in [2.05, 4.69) is 15.1 Å². The zero-order chi connectivity index (χ0) is 16.9. The number of nitrogens with zero attached hydrogens (tertiary/aromatic N) is 4. The second-order valence-electron chi connectivity index (χ2n) is 5.50. The van der Waals surface area contributed by atoms with Crippen LogP contribution < -0.4 is 0 Å². The molecule has 3 heterocycles. The summed E-state index contributed by atoms with van der Waals surface area (Å²) in [6.45, 7) is 2.36. The van der Waals surface area contributed by atoms with E-state index >= 15 is 0 Å². The molecule has 0 N–H and O–H groups in total. The molecule has 0 aliphatic rings. The van der Waals surface area contributed by atoms with Crippen molar-refractivity contribution < 1.29 is 9.32 Å². The van der Waals surface area contributed by atoms with Gasteiger partial charge in [-0.15, -0.1) is 11.3 Å². The molecule has 0 aliphatic heterocycles. The molecule has 24 heavy (non-hydrogen) atoms. The van der Waals surface area contributed by atoms with Crippen molar-refractivity contribution in [3.05, 3.63) is 52.3 Å². The molecule has 0 atom stereocenters. The fraction of sp³-hybridized carbons (Fsp3) is 0.294. The molecule has 1 amide bonds. The number of pyridine rings is 1. The molecule has 124 valence electrons. The first-order chi connectivity index (χ1) is 11.6. The lowest BCUT2D eigenvalue weighted by Crippen LogP contribution is -2.26. The van der Waals surface area contributed by atoms with Crippen molar-refractivity contribution in [3.8, 4) is 11.4 Å². The van der Waals surface area contributed by atoms with Crippen LogP contribution >= 0.6 is 11.3 Å². The maximum atomic E-state index is 12.3. The van der Waals surface area contributed by atoms with Gasteiger partial charge in [0.1, 0.15) is 5.69 Å². The Morgan fingerprint density at radius 1 is 1.29 bits per heavy atom. The molecule has 0 saturated heterocycles. The van der Waals surface area contributed by atoms with E-state index in [1.165, 1.54) is 0 Å². The number of hydrogen-bond acceptors (Lipinski definition) is 6. The lowest BCUT2D eigenvalue weighted by atomic mass is 10.2.